The third kappa shape index (κ3) is 4.26. The van der Waals surface area contributed by atoms with Crippen LogP contribution in [-0.2, 0) is 17.8 Å². The molecule has 0 spiro atoms. The largest absolute Gasteiger partial charge is 0.374 e. The number of aryl methyl sites for hydroxylation is 1. The third-order valence-electron chi connectivity index (χ3n) is 3.22. The van der Waals surface area contributed by atoms with Crippen molar-refractivity contribution < 1.29 is 4.74 Å². The molecule has 21 heavy (non-hydrogen) atoms. The normalized spacial score (nSPS) is 10.6. The molecular weight excluding hydrogens is 262 g/mol. The van der Waals surface area contributed by atoms with Gasteiger partial charge in [0.2, 0.25) is 0 Å². The number of rotatable bonds is 7. The minimum absolute atomic E-state index is 0.440. The predicted octanol–water partition coefficient (Wildman–Crippen LogP) is 3.67. The van der Waals surface area contributed by atoms with Crippen molar-refractivity contribution in [2.24, 2.45) is 0 Å². The second-order valence-corrected chi connectivity index (χ2v) is 4.77. The number of nitrogens with zero attached hydrogens (tertiary/aromatic N) is 2. The van der Waals surface area contributed by atoms with E-state index in [0.717, 1.165) is 30.0 Å². The summed E-state index contributed by atoms with van der Waals surface area (Å²) < 4.78 is 5.43. The molecule has 2 rings (SSSR count). The first kappa shape index (κ1) is 15.4. The maximum atomic E-state index is 5.43. The Bertz CT molecular complexity index is 567. The lowest BCUT2D eigenvalue weighted by atomic mass is 10.1. The molecule has 0 saturated carbocycles. The van der Waals surface area contributed by atoms with Crippen LogP contribution in [-0.4, -0.2) is 23.1 Å². The SMILES string of the molecule is CCNc1cc(-c2ccc(CC)cc2)nc(COCC)n1. The van der Waals surface area contributed by atoms with Crippen molar-refractivity contribution in [2.45, 2.75) is 33.8 Å². The van der Waals surface area contributed by atoms with Crippen LogP contribution >= 0.6 is 0 Å². The minimum atomic E-state index is 0.440. The van der Waals surface area contributed by atoms with E-state index in [4.69, 9.17) is 4.74 Å². The van der Waals surface area contributed by atoms with E-state index in [9.17, 15) is 0 Å². The van der Waals surface area contributed by atoms with Gasteiger partial charge in [0.15, 0.2) is 5.82 Å². The number of hydrogen-bond acceptors (Lipinski definition) is 4. The maximum absolute atomic E-state index is 5.43. The first-order valence-electron chi connectivity index (χ1n) is 7.55. The number of anilines is 1. The van der Waals surface area contributed by atoms with Gasteiger partial charge in [0.25, 0.3) is 0 Å². The van der Waals surface area contributed by atoms with Gasteiger partial charge in [0.05, 0.1) is 5.69 Å². The molecule has 1 aromatic carbocycles. The van der Waals surface area contributed by atoms with Crippen molar-refractivity contribution in [3.63, 3.8) is 0 Å². The molecule has 0 aliphatic carbocycles. The summed E-state index contributed by atoms with van der Waals surface area (Å²) in [6, 6.07) is 10.5. The molecule has 0 atom stereocenters. The van der Waals surface area contributed by atoms with Crippen LogP contribution in [0.1, 0.15) is 32.2 Å². The molecule has 1 N–H and O–H groups in total. The summed E-state index contributed by atoms with van der Waals surface area (Å²) in [7, 11) is 0. The highest BCUT2D eigenvalue weighted by Gasteiger charge is 2.07. The molecule has 0 fully saturated rings. The molecule has 4 nitrogen and oxygen atoms in total. The quantitative estimate of drug-likeness (QED) is 0.843. The summed E-state index contributed by atoms with van der Waals surface area (Å²) in [6.45, 7) is 8.12. The van der Waals surface area contributed by atoms with Gasteiger partial charge >= 0.3 is 0 Å². The number of aromatic nitrogens is 2. The van der Waals surface area contributed by atoms with E-state index in [1.807, 2.05) is 13.0 Å². The van der Waals surface area contributed by atoms with Gasteiger partial charge in [-0.15, -0.1) is 0 Å². The Morgan fingerprint density at radius 3 is 2.43 bits per heavy atom. The Morgan fingerprint density at radius 2 is 1.81 bits per heavy atom. The van der Waals surface area contributed by atoms with Gasteiger partial charge in [-0.25, -0.2) is 9.97 Å². The summed E-state index contributed by atoms with van der Waals surface area (Å²) in [5.74, 6) is 1.56. The highest BCUT2D eigenvalue weighted by Crippen LogP contribution is 2.21. The van der Waals surface area contributed by atoms with E-state index in [0.29, 0.717) is 19.0 Å². The van der Waals surface area contributed by atoms with E-state index in [-0.39, 0.29) is 0 Å². The van der Waals surface area contributed by atoms with Crippen LogP contribution in [0.25, 0.3) is 11.3 Å². The molecule has 0 bridgehead atoms. The average Bonchev–Trinajstić information content (AvgIpc) is 2.53. The van der Waals surface area contributed by atoms with Crippen LogP contribution in [0.2, 0.25) is 0 Å². The lowest BCUT2D eigenvalue weighted by molar-refractivity contribution is 0.128. The lowest BCUT2D eigenvalue weighted by Crippen LogP contribution is -2.06. The maximum Gasteiger partial charge on any atom is 0.157 e. The highest BCUT2D eigenvalue weighted by atomic mass is 16.5. The lowest BCUT2D eigenvalue weighted by Gasteiger charge is -2.09. The smallest absolute Gasteiger partial charge is 0.157 e. The molecule has 0 unspecified atom stereocenters. The first-order chi connectivity index (χ1) is 10.3. The minimum Gasteiger partial charge on any atom is -0.374 e. The standard InChI is InChI=1S/C17H23N3O/c1-4-13-7-9-14(10-8-13)15-11-16(18-5-2)20-17(19-15)12-21-6-3/h7-11H,4-6,12H2,1-3H3,(H,18,19,20). The number of hydrogen-bond donors (Lipinski definition) is 1. The molecule has 0 radical (unpaired) electrons. The summed E-state index contributed by atoms with van der Waals surface area (Å²) in [5.41, 5.74) is 3.36. The van der Waals surface area contributed by atoms with Crippen LogP contribution in [0.4, 0.5) is 5.82 Å². The first-order valence-corrected chi connectivity index (χ1v) is 7.55. The molecule has 1 aromatic heterocycles. The van der Waals surface area contributed by atoms with Gasteiger partial charge in [0, 0.05) is 24.8 Å². The fraction of sp³-hybridized carbons (Fsp3) is 0.412. The highest BCUT2D eigenvalue weighted by molar-refractivity contribution is 5.62. The van der Waals surface area contributed by atoms with Gasteiger partial charge in [-0.2, -0.15) is 0 Å². The zero-order valence-electron chi connectivity index (χ0n) is 13.0. The molecule has 0 aliphatic heterocycles. The Kier molecular flexibility index (Phi) is 5.69. The van der Waals surface area contributed by atoms with E-state index >= 15 is 0 Å². The van der Waals surface area contributed by atoms with Gasteiger partial charge in [-0.05, 0) is 25.8 Å². The zero-order valence-corrected chi connectivity index (χ0v) is 13.0. The van der Waals surface area contributed by atoms with E-state index < -0.39 is 0 Å². The second kappa shape index (κ2) is 7.74. The molecule has 112 valence electrons. The van der Waals surface area contributed by atoms with Crippen molar-refractivity contribution in [1.82, 2.24) is 9.97 Å². The fourth-order valence-electron chi connectivity index (χ4n) is 2.09. The van der Waals surface area contributed by atoms with Gasteiger partial charge in [0.1, 0.15) is 12.4 Å². The second-order valence-electron chi connectivity index (χ2n) is 4.77. The van der Waals surface area contributed by atoms with Crippen LogP contribution in [0, 0.1) is 0 Å². The Balaban J connectivity index is 2.32. The average molecular weight is 285 g/mol. The molecule has 4 heteroatoms. The predicted molar refractivity (Wildman–Crippen MR) is 86.3 cm³/mol. The van der Waals surface area contributed by atoms with Crippen molar-refractivity contribution >= 4 is 5.82 Å². The molecule has 1 heterocycles. The fourth-order valence-corrected chi connectivity index (χ4v) is 2.09. The molecule has 2 aromatic rings. The van der Waals surface area contributed by atoms with Gasteiger partial charge in [-0.3, -0.25) is 0 Å². The molecule has 0 saturated heterocycles. The van der Waals surface area contributed by atoms with Crippen LogP contribution < -0.4 is 5.32 Å². The van der Waals surface area contributed by atoms with E-state index in [1.54, 1.807) is 0 Å². The number of nitrogens with one attached hydrogen (secondary N) is 1. The van der Waals surface area contributed by atoms with Crippen LogP contribution in [0.15, 0.2) is 30.3 Å². The molecule has 0 aliphatic rings. The summed E-state index contributed by atoms with van der Waals surface area (Å²) >= 11 is 0. The number of ether oxygens (including phenoxy) is 1. The molecule has 0 amide bonds. The van der Waals surface area contributed by atoms with Crippen LogP contribution in [0.3, 0.4) is 0 Å². The topological polar surface area (TPSA) is 47.0 Å². The summed E-state index contributed by atoms with van der Waals surface area (Å²) in [4.78, 5) is 9.08. The molecular formula is C17H23N3O. The Morgan fingerprint density at radius 1 is 1.05 bits per heavy atom. The monoisotopic (exact) mass is 285 g/mol. The Hall–Kier alpha value is -1.94. The third-order valence-corrected chi connectivity index (χ3v) is 3.22. The van der Waals surface area contributed by atoms with Crippen molar-refractivity contribution in [3.8, 4) is 11.3 Å². The Labute approximate surface area is 126 Å². The van der Waals surface area contributed by atoms with Crippen molar-refractivity contribution in [3.05, 3.63) is 41.7 Å². The van der Waals surface area contributed by atoms with E-state index in [2.05, 4.69) is 53.4 Å². The van der Waals surface area contributed by atoms with Gasteiger partial charge < -0.3 is 10.1 Å². The summed E-state index contributed by atoms with van der Waals surface area (Å²) in [5, 5.41) is 3.25. The zero-order chi connectivity index (χ0) is 15.1. The van der Waals surface area contributed by atoms with Crippen molar-refractivity contribution in [1.29, 1.82) is 0 Å². The number of benzene rings is 1. The van der Waals surface area contributed by atoms with Crippen LogP contribution in [0.5, 0.6) is 0 Å². The summed E-state index contributed by atoms with van der Waals surface area (Å²) in [6.07, 6.45) is 1.04. The van der Waals surface area contributed by atoms with E-state index in [1.165, 1.54) is 5.56 Å². The van der Waals surface area contributed by atoms with Gasteiger partial charge in [-0.1, -0.05) is 31.2 Å². The van der Waals surface area contributed by atoms with Crippen molar-refractivity contribution in [2.75, 3.05) is 18.5 Å².